The molecule has 0 radical (unpaired) electrons. The van der Waals surface area contributed by atoms with E-state index >= 15 is 0 Å². The second-order valence-electron chi connectivity index (χ2n) is 4.40. The number of fused-ring (bicyclic) bond motifs is 1. The van der Waals surface area contributed by atoms with Gasteiger partial charge in [0.25, 0.3) is 0 Å². The van der Waals surface area contributed by atoms with Crippen LogP contribution in [-0.4, -0.2) is 21.3 Å². The molecule has 0 spiro atoms. The molecule has 4 nitrogen and oxygen atoms in total. The van der Waals surface area contributed by atoms with E-state index in [1.807, 2.05) is 18.2 Å². The van der Waals surface area contributed by atoms with Gasteiger partial charge in [0.2, 0.25) is 0 Å². The molecule has 0 fully saturated rings. The van der Waals surface area contributed by atoms with Crippen molar-refractivity contribution in [2.24, 2.45) is 4.99 Å². The summed E-state index contributed by atoms with van der Waals surface area (Å²) in [6.45, 7) is 0.537. The van der Waals surface area contributed by atoms with Crippen molar-refractivity contribution in [3.63, 3.8) is 0 Å². The SMILES string of the molecule is Oc1[nH]c2ccc(Cl)cc2c1C=NCc1ccncc1. The number of rotatable bonds is 3. The Labute approximate surface area is 120 Å². The molecule has 0 aliphatic heterocycles. The van der Waals surface area contributed by atoms with Crippen LogP contribution in [0, 0.1) is 0 Å². The summed E-state index contributed by atoms with van der Waals surface area (Å²) in [5, 5.41) is 11.4. The van der Waals surface area contributed by atoms with E-state index in [0.717, 1.165) is 16.5 Å². The number of hydrogen-bond acceptors (Lipinski definition) is 3. The standard InChI is InChI=1S/C15H12ClN3O/c16-11-1-2-14-12(7-11)13(15(20)19-14)9-18-8-10-3-5-17-6-4-10/h1-7,9,19-20H,8H2. The highest BCUT2D eigenvalue weighted by atomic mass is 35.5. The minimum absolute atomic E-state index is 0.0979. The van der Waals surface area contributed by atoms with Gasteiger partial charge in [-0.25, -0.2) is 0 Å². The number of benzene rings is 1. The molecule has 2 heterocycles. The summed E-state index contributed by atoms with van der Waals surface area (Å²) >= 11 is 5.98. The van der Waals surface area contributed by atoms with E-state index in [0.29, 0.717) is 17.1 Å². The van der Waals surface area contributed by atoms with Crippen LogP contribution < -0.4 is 0 Å². The third-order valence-corrected chi connectivity index (χ3v) is 3.26. The molecular weight excluding hydrogens is 274 g/mol. The zero-order valence-electron chi connectivity index (χ0n) is 10.5. The van der Waals surface area contributed by atoms with Gasteiger partial charge in [0.15, 0.2) is 5.88 Å². The number of nitrogens with one attached hydrogen (secondary N) is 1. The van der Waals surface area contributed by atoms with Crippen molar-refractivity contribution in [3.8, 4) is 5.88 Å². The van der Waals surface area contributed by atoms with Crippen LogP contribution in [0.2, 0.25) is 5.02 Å². The normalized spacial score (nSPS) is 11.4. The van der Waals surface area contributed by atoms with Gasteiger partial charge in [-0.2, -0.15) is 0 Å². The largest absolute Gasteiger partial charge is 0.494 e. The summed E-state index contributed by atoms with van der Waals surface area (Å²) in [6, 6.07) is 9.22. The van der Waals surface area contributed by atoms with Crippen molar-refractivity contribution in [2.75, 3.05) is 0 Å². The van der Waals surface area contributed by atoms with Crippen molar-refractivity contribution in [1.29, 1.82) is 0 Å². The number of H-pyrrole nitrogens is 1. The first kappa shape index (κ1) is 12.7. The Bertz CT molecular complexity index is 765. The molecular formula is C15H12ClN3O. The highest BCUT2D eigenvalue weighted by Crippen LogP contribution is 2.28. The average molecular weight is 286 g/mol. The molecule has 1 aromatic carbocycles. The minimum atomic E-state index is 0.0979. The van der Waals surface area contributed by atoms with Crippen LogP contribution in [0.5, 0.6) is 5.88 Å². The van der Waals surface area contributed by atoms with Crippen molar-refractivity contribution in [2.45, 2.75) is 6.54 Å². The zero-order chi connectivity index (χ0) is 13.9. The second-order valence-corrected chi connectivity index (χ2v) is 4.84. The summed E-state index contributed by atoms with van der Waals surface area (Å²) in [7, 11) is 0. The fraction of sp³-hybridized carbons (Fsp3) is 0.0667. The number of nitrogens with zero attached hydrogens (tertiary/aromatic N) is 2. The van der Waals surface area contributed by atoms with Crippen LogP contribution in [0.1, 0.15) is 11.1 Å². The van der Waals surface area contributed by atoms with Crippen LogP contribution >= 0.6 is 11.6 Å². The third kappa shape index (κ3) is 2.51. The van der Waals surface area contributed by atoms with Gasteiger partial charge >= 0.3 is 0 Å². The van der Waals surface area contributed by atoms with E-state index in [1.54, 1.807) is 30.7 Å². The van der Waals surface area contributed by atoms with Crippen LogP contribution in [0.4, 0.5) is 0 Å². The highest BCUT2D eigenvalue weighted by Gasteiger charge is 2.08. The maximum atomic E-state index is 9.92. The van der Waals surface area contributed by atoms with Crippen LogP contribution in [0.15, 0.2) is 47.7 Å². The second kappa shape index (κ2) is 5.35. The van der Waals surface area contributed by atoms with E-state index in [4.69, 9.17) is 11.6 Å². The topological polar surface area (TPSA) is 61.3 Å². The highest BCUT2D eigenvalue weighted by molar-refractivity contribution is 6.31. The number of hydrogen-bond donors (Lipinski definition) is 2. The summed E-state index contributed by atoms with van der Waals surface area (Å²) in [5.74, 6) is 0.0979. The Morgan fingerprint density at radius 2 is 2.05 bits per heavy atom. The molecule has 2 N–H and O–H groups in total. The Balaban J connectivity index is 1.90. The number of aromatic amines is 1. The van der Waals surface area contributed by atoms with Crippen molar-refractivity contribution in [3.05, 3.63) is 58.9 Å². The summed E-state index contributed by atoms with van der Waals surface area (Å²) in [5.41, 5.74) is 2.54. The van der Waals surface area contributed by atoms with Gasteiger partial charge in [-0.1, -0.05) is 11.6 Å². The van der Waals surface area contributed by atoms with E-state index in [2.05, 4.69) is 15.0 Å². The Kier molecular flexibility index (Phi) is 3.39. The summed E-state index contributed by atoms with van der Waals surface area (Å²) in [6.07, 6.45) is 5.12. The lowest BCUT2D eigenvalue weighted by Gasteiger charge is -1.95. The Hall–Kier alpha value is -2.33. The van der Waals surface area contributed by atoms with Gasteiger partial charge < -0.3 is 10.1 Å². The molecule has 0 aliphatic rings. The molecule has 0 amide bonds. The zero-order valence-corrected chi connectivity index (χ0v) is 11.3. The van der Waals surface area contributed by atoms with Crippen LogP contribution in [0.25, 0.3) is 10.9 Å². The van der Waals surface area contributed by atoms with Crippen molar-refractivity contribution in [1.82, 2.24) is 9.97 Å². The number of aromatic nitrogens is 2. The van der Waals surface area contributed by atoms with Crippen LogP contribution in [-0.2, 0) is 6.54 Å². The van der Waals surface area contributed by atoms with E-state index in [1.165, 1.54) is 0 Å². The lowest BCUT2D eigenvalue weighted by Crippen LogP contribution is -1.84. The smallest absolute Gasteiger partial charge is 0.198 e. The first-order valence-corrected chi connectivity index (χ1v) is 6.51. The minimum Gasteiger partial charge on any atom is -0.494 e. The maximum absolute atomic E-state index is 9.92. The fourth-order valence-corrected chi connectivity index (χ4v) is 2.20. The molecule has 0 atom stereocenters. The number of aromatic hydroxyl groups is 1. The average Bonchev–Trinajstić information content (AvgIpc) is 2.76. The van der Waals surface area contributed by atoms with E-state index < -0.39 is 0 Å². The Morgan fingerprint density at radius 3 is 2.85 bits per heavy atom. The van der Waals surface area contributed by atoms with Gasteiger partial charge in [-0.05, 0) is 35.9 Å². The molecule has 100 valence electrons. The monoisotopic (exact) mass is 285 g/mol. The number of aliphatic imine (C=N–C) groups is 1. The fourth-order valence-electron chi connectivity index (χ4n) is 2.03. The molecule has 0 saturated carbocycles. The van der Waals surface area contributed by atoms with Gasteiger partial charge in [0, 0.05) is 34.5 Å². The molecule has 20 heavy (non-hydrogen) atoms. The summed E-state index contributed by atoms with van der Waals surface area (Å²) < 4.78 is 0. The van der Waals surface area contributed by atoms with Gasteiger partial charge in [0.1, 0.15) is 0 Å². The van der Waals surface area contributed by atoms with E-state index in [-0.39, 0.29) is 5.88 Å². The van der Waals surface area contributed by atoms with Crippen molar-refractivity contribution >= 4 is 28.7 Å². The molecule has 0 saturated heterocycles. The molecule has 0 unspecified atom stereocenters. The molecule has 3 rings (SSSR count). The lowest BCUT2D eigenvalue weighted by atomic mass is 10.2. The third-order valence-electron chi connectivity index (χ3n) is 3.02. The van der Waals surface area contributed by atoms with Crippen LogP contribution in [0.3, 0.4) is 0 Å². The number of pyridine rings is 1. The first-order valence-electron chi connectivity index (χ1n) is 6.13. The predicted octanol–water partition coefficient (Wildman–Crippen LogP) is 3.54. The molecule has 2 aromatic heterocycles. The maximum Gasteiger partial charge on any atom is 0.198 e. The number of halogens is 1. The van der Waals surface area contributed by atoms with Gasteiger partial charge in [-0.3, -0.25) is 9.98 Å². The molecule has 5 heteroatoms. The molecule has 0 bridgehead atoms. The first-order chi connectivity index (χ1) is 9.74. The van der Waals surface area contributed by atoms with Crippen molar-refractivity contribution < 1.29 is 5.11 Å². The lowest BCUT2D eigenvalue weighted by molar-refractivity contribution is 0.457. The van der Waals surface area contributed by atoms with Gasteiger partial charge in [-0.15, -0.1) is 0 Å². The predicted molar refractivity (Wildman–Crippen MR) is 80.5 cm³/mol. The Morgan fingerprint density at radius 1 is 1.25 bits per heavy atom. The molecule has 0 aliphatic carbocycles. The molecule has 3 aromatic rings. The van der Waals surface area contributed by atoms with E-state index in [9.17, 15) is 5.11 Å². The van der Waals surface area contributed by atoms with Gasteiger partial charge in [0.05, 0.1) is 12.1 Å². The summed E-state index contributed by atoms with van der Waals surface area (Å²) in [4.78, 5) is 11.2. The quantitative estimate of drug-likeness (QED) is 0.723.